The van der Waals surface area contributed by atoms with Crippen LogP contribution in [0.15, 0.2) is 0 Å². The lowest BCUT2D eigenvalue weighted by atomic mass is 10.2. The van der Waals surface area contributed by atoms with Gasteiger partial charge in [0.1, 0.15) is 0 Å². The second kappa shape index (κ2) is 8.06. The van der Waals surface area contributed by atoms with E-state index >= 15 is 0 Å². The van der Waals surface area contributed by atoms with Crippen molar-refractivity contribution in [2.75, 3.05) is 58.7 Å². The van der Waals surface area contributed by atoms with Crippen LogP contribution in [0.4, 0.5) is 0 Å². The lowest BCUT2D eigenvalue weighted by molar-refractivity contribution is 0.161. The van der Waals surface area contributed by atoms with Gasteiger partial charge in [-0.05, 0) is 5.92 Å². The van der Waals surface area contributed by atoms with Crippen LogP contribution in [0, 0.1) is 5.92 Å². The highest BCUT2D eigenvalue weighted by Crippen LogP contribution is 1.97. The van der Waals surface area contributed by atoms with Gasteiger partial charge in [-0.2, -0.15) is 0 Å². The molecule has 1 heterocycles. The van der Waals surface area contributed by atoms with Gasteiger partial charge in [-0.15, -0.1) is 0 Å². The number of piperazine rings is 1. The molecule has 0 aliphatic carbocycles. The van der Waals surface area contributed by atoms with Crippen molar-refractivity contribution >= 4 is 10.0 Å². The van der Waals surface area contributed by atoms with Crippen molar-refractivity contribution in [3.05, 3.63) is 0 Å². The molecule has 18 heavy (non-hydrogen) atoms. The molecule has 7 heteroatoms. The lowest BCUT2D eigenvalue weighted by Crippen LogP contribution is -2.46. The minimum atomic E-state index is -3.16. The topological polar surface area (TPSA) is 70.7 Å². The number of methoxy groups -OCH3 is 1. The number of ether oxygens (including phenoxy) is 1. The molecular formula is C11H25N3O3S. The van der Waals surface area contributed by atoms with Crippen LogP contribution in [0.2, 0.25) is 0 Å². The summed E-state index contributed by atoms with van der Waals surface area (Å²) in [6.45, 7) is 7.32. The van der Waals surface area contributed by atoms with Gasteiger partial charge in [0, 0.05) is 53.0 Å². The van der Waals surface area contributed by atoms with Crippen molar-refractivity contribution in [1.29, 1.82) is 0 Å². The minimum absolute atomic E-state index is 0.173. The Morgan fingerprint density at radius 1 is 1.39 bits per heavy atom. The van der Waals surface area contributed by atoms with Crippen LogP contribution in [0.25, 0.3) is 0 Å². The maximum absolute atomic E-state index is 11.8. The van der Waals surface area contributed by atoms with Crippen LogP contribution in [0.3, 0.4) is 0 Å². The number of nitrogens with one attached hydrogen (secondary N) is 2. The summed E-state index contributed by atoms with van der Waals surface area (Å²) in [5.41, 5.74) is 0. The summed E-state index contributed by atoms with van der Waals surface area (Å²) in [6.07, 6.45) is 0. The van der Waals surface area contributed by atoms with E-state index in [0.717, 1.165) is 26.2 Å². The zero-order valence-electron chi connectivity index (χ0n) is 11.3. The standard InChI is InChI=1S/C11H25N3O3S/c1-11(10-17-2)9-13-18(15,16)8-7-14-5-3-12-4-6-14/h11-13H,3-10H2,1-2H3. The molecule has 1 rings (SSSR count). The largest absolute Gasteiger partial charge is 0.384 e. The van der Waals surface area contributed by atoms with Crippen molar-refractivity contribution < 1.29 is 13.2 Å². The van der Waals surface area contributed by atoms with Gasteiger partial charge < -0.3 is 10.1 Å². The highest BCUT2D eigenvalue weighted by atomic mass is 32.2. The second-order valence-corrected chi connectivity index (χ2v) is 6.75. The Bertz CT molecular complexity index is 315. The Labute approximate surface area is 110 Å². The Morgan fingerprint density at radius 3 is 2.67 bits per heavy atom. The molecular weight excluding hydrogens is 254 g/mol. The molecule has 0 aromatic rings. The number of rotatable bonds is 8. The maximum Gasteiger partial charge on any atom is 0.212 e. The van der Waals surface area contributed by atoms with Gasteiger partial charge in [-0.25, -0.2) is 13.1 Å². The predicted molar refractivity (Wildman–Crippen MR) is 72.1 cm³/mol. The maximum atomic E-state index is 11.8. The molecule has 6 nitrogen and oxygen atoms in total. The zero-order chi connectivity index (χ0) is 13.4. The van der Waals surface area contributed by atoms with E-state index in [1.165, 1.54) is 0 Å². The molecule has 1 unspecified atom stereocenters. The number of hydrogen-bond donors (Lipinski definition) is 2. The van der Waals surface area contributed by atoms with Gasteiger partial charge in [-0.1, -0.05) is 6.92 Å². The fourth-order valence-electron chi connectivity index (χ4n) is 1.87. The summed E-state index contributed by atoms with van der Waals surface area (Å²) in [4.78, 5) is 2.17. The first-order valence-corrected chi connectivity index (χ1v) is 8.08. The highest BCUT2D eigenvalue weighted by molar-refractivity contribution is 7.89. The van der Waals surface area contributed by atoms with Gasteiger partial charge in [0.25, 0.3) is 0 Å². The summed E-state index contributed by atoms with van der Waals surface area (Å²) in [6, 6.07) is 0. The fraction of sp³-hybridized carbons (Fsp3) is 1.00. The van der Waals surface area contributed by atoms with Crippen molar-refractivity contribution in [3.63, 3.8) is 0 Å². The Kier molecular flexibility index (Phi) is 7.10. The van der Waals surface area contributed by atoms with E-state index in [0.29, 0.717) is 19.7 Å². The zero-order valence-corrected chi connectivity index (χ0v) is 12.1. The van der Waals surface area contributed by atoms with Crippen LogP contribution in [0.5, 0.6) is 0 Å². The van der Waals surface area contributed by atoms with E-state index in [9.17, 15) is 8.42 Å². The molecule has 1 fully saturated rings. The number of hydrogen-bond acceptors (Lipinski definition) is 5. The third-order valence-electron chi connectivity index (χ3n) is 2.99. The van der Waals surface area contributed by atoms with Gasteiger partial charge >= 0.3 is 0 Å². The third-order valence-corrected chi connectivity index (χ3v) is 4.32. The summed E-state index contributed by atoms with van der Waals surface area (Å²) < 4.78 is 31.2. The van der Waals surface area contributed by atoms with Crippen molar-refractivity contribution in [1.82, 2.24) is 14.9 Å². The normalized spacial score (nSPS) is 19.9. The molecule has 0 aromatic heterocycles. The van der Waals surface area contributed by atoms with Gasteiger partial charge in [0.2, 0.25) is 10.0 Å². The molecule has 108 valence electrons. The van der Waals surface area contributed by atoms with E-state index in [1.54, 1.807) is 7.11 Å². The first kappa shape index (κ1) is 15.8. The second-order valence-electron chi connectivity index (χ2n) is 4.82. The van der Waals surface area contributed by atoms with Crippen molar-refractivity contribution in [2.45, 2.75) is 6.92 Å². The average Bonchev–Trinajstić information content (AvgIpc) is 2.36. The minimum Gasteiger partial charge on any atom is -0.384 e. The average molecular weight is 279 g/mol. The molecule has 0 saturated carbocycles. The van der Waals surface area contributed by atoms with Crippen LogP contribution >= 0.6 is 0 Å². The van der Waals surface area contributed by atoms with E-state index in [1.807, 2.05) is 6.92 Å². The monoisotopic (exact) mass is 279 g/mol. The van der Waals surface area contributed by atoms with Crippen LogP contribution in [-0.4, -0.2) is 72.1 Å². The predicted octanol–water partition coefficient (Wildman–Crippen LogP) is -0.906. The Morgan fingerprint density at radius 2 is 2.06 bits per heavy atom. The molecule has 0 aromatic carbocycles. The molecule has 0 spiro atoms. The third kappa shape index (κ3) is 6.65. The fourth-order valence-corrected chi connectivity index (χ4v) is 3.05. The smallest absolute Gasteiger partial charge is 0.212 e. The van der Waals surface area contributed by atoms with E-state index in [4.69, 9.17) is 4.74 Å². The van der Waals surface area contributed by atoms with Crippen LogP contribution in [0.1, 0.15) is 6.92 Å². The SMILES string of the molecule is COCC(C)CNS(=O)(=O)CCN1CCNCC1. The molecule has 0 bridgehead atoms. The first-order chi connectivity index (χ1) is 8.53. The van der Waals surface area contributed by atoms with Crippen LogP contribution in [-0.2, 0) is 14.8 Å². The molecule has 1 saturated heterocycles. The first-order valence-electron chi connectivity index (χ1n) is 6.43. The van der Waals surface area contributed by atoms with Crippen molar-refractivity contribution in [2.24, 2.45) is 5.92 Å². The summed E-state index contributed by atoms with van der Waals surface area (Å²) in [7, 11) is -1.54. The molecule has 0 amide bonds. The summed E-state index contributed by atoms with van der Waals surface area (Å²) >= 11 is 0. The molecule has 1 atom stereocenters. The summed E-state index contributed by atoms with van der Waals surface area (Å²) in [5, 5.41) is 3.25. The number of sulfonamides is 1. The van der Waals surface area contributed by atoms with Crippen LogP contribution < -0.4 is 10.0 Å². The lowest BCUT2D eigenvalue weighted by Gasteiger charge is -2.27. The van der Waals surface area contributed by atoms with Gasteiger partial charge in [0.15, 0.2) is 0 Å². The number of nitrogens with zero attached hydrogens (tertiary/aromatic N) is 1. The summed E-state index contributed by atoms with van der Waals surface area (Å²) in [5.74, 6) is 0.371. The Balaban J connectivity index is 2.22. The van der Waals surface area contributed by atoms with Gasteiger partial charge in [0.05, 0.1) is 5.75 Å². The van der Waals surface area contributed by atoms with Crippen molar-refractivity contribution in [3.8, 4) is 0 Å². The molecule has 1 aliphatic rings. The van der Waals surface area contributed by atoms with E-state index in [2.05, 4.69) is 14.9 Å². The molecule has 1 aliphatic heterocycles. The Hall–Kier alpha value is -0.210. The van der Waals surface area contributed by atoms with E-state index < -0.39 is 10.0 Å². The quantitative estimate of drug-likeness (QED) is 0.602. The van der Waals surface area contributed by atoms with Gasteiger partial charge in [-0.3, -0.25) is 4.90 Å². The molecule has 0 radical (unpaired) electrons. The molecule has 2 N–H and O–H groups in total. The highest BCUT2D eigenvalue weighted by Gasteiger charge is 2.16. The van der Waals surface area contributed by atoms with E-state index in [-0.39, 0.29) is 11.7 Å².